The third kappa shape index (κ3) is 4.66. The summed E-state index contributed by atoms with van der Waals surface area (Å²) in [5.74, 6) is 0.154. The van der Waals surface area contributed by atoms with Gasteiger partial charge >= 0.3 is 0 Å². The molecule has 7 nitrogen and oxygen atoms in total. The molecule has 0 spiro atoms. The van der Waals surface area contributed by atoms with Crippen molar-refractivity contribution in [3.63, 3.8) is 0 Å². The van der Waals surface area contributed by atoms with Gasteiger partial charge in [0.05, 0.1) is 34.3 Å². The van der Waals surface area contributed by atoms with Crippen LogP contribution in [0.1, 0.15) is 36.0 Å². The van der Waals surface area contributed by atoms with Crippen molar-refractivity contribution in [1.29, 1.82) is 0 Å². The molecular formula is C27H25ClFN5O2. The van der Waals surface area contributed by atoms with Crippen LogP contribution in [0.2, 0.25) is 5.02 Å². The molecule has 0 bridgehead atoms. The normalized spacial score (nSPS) is 17.4. The van der Waals surface area contributed by atoms with Gasteiger partial charge in [0.25, 0.3) is 5.91 Å². The first-order valence-corrected chi connectivity index (χ1v) is 12.5. The topological polar surface area (TPSA) is 80.5 Å². The summed E-state index contributed by atoms with van der Waals surface area (Å²) in [5.41, 5.74) is 4.17. The van der Waals surface area contributed by atoms with Gasteiger partial charge in [0.15, 0.2) is 11.5 Å². The van der Waals surface area contributed by atoms with E-state index in [1.807, 2.05) is 16.7 Å². The zero-order valence-corrected chi connectivity index (χ0v) is 20.3. The highest BCUT2D eigenvalue weighted by Crippen LogP contribution is 2.31. The van der Waals surface area contributed by atoms with Crippen molar-refractivity contribution in [2.24, 2.45) is 0 Å². The third-order valence-corrected chi connectivity index (χ3v) is 6.89. The second kappa shape index (κ2) is 9.52. The van der Waals surface area contributed by atoms with Crippen LogP contribution < -0.4 is 10.6 Å². The standard InChI is InChI=1S/C27H25ClFN5O2/c28-22-12-17(5-10-21(22)27(35)32-19-8-9-19)24-14-31-26-25(30-13-20-2-1-11-36-20)33-23(15-34(24)26)16-3-6-18(29)7-4-16/h3-7,10,12,14-15,19-20H,1-2,8-9,11,13H2,(H,30,33)(H,32,35). The third-order valence-electron chi connectivity index (χ3n) is 6.58. The maximum Gasteiger partial charge on any atom is 0.253 e. The zero-order valence-electron chi connectivity index (χ0n) is 19.5. The van der Waals surface area contributed by atoms with E-state index in [4.69, 9.17) is 21.3 Å². The van der Waals surface area contributed by atoms with E-state index >= 15 is 0 Å². The van der Waals surface area contributed by atoms with Gasteiger partial charge in [0, 0.05) is 36.5 Å². The fraction of sp³-hybridized carbons (Fsp3) is 0.296. The second-order valence-corrected chi connectivity index (χ2v) is 9.68. The Bertz CT molecular complexity index is 1430. The van der Waals surface area contributed by atoms with Crippen LogP contribution in [-0.2, 0) is 4.74 Å². The summed E-state index contributed by atoms with van der Waals surface area (Å²) >= 11 is 6.53. The lowest BCUT2D eigenvalue weighted by molar-refractivity contribution is 0.0951. The summed E-state index contributed by atoms with van der Waals surface area (Å²) in [6.45, 7) is 1.39. The molecule has 3 heterocycles. The summed E-state index contributed by atoms with van der Waals surface area (Å²) in [7, 11) is 0. The number of halogens is 2. The second-order valence-electron chi connectivity index (χ2n) is 9.28. The van der Waals surface area contributed by atoms with E-state index in [1.165, 1.54) is 12.1 Å². The number of anilines is 1. The van der Waals surface area contributed by atoms with Gasteiger partial charge in [0.1, 0.15) is 5.82 Å². The van der Waals surface area contributed by atoms with Crippen molar-refractivity contribution in [1.82, 2.24) is 19.7 Å². The Morgan fingerprint density at radius 3 is 2.67 bits per heavy atom. The summed E-state index contributed by atoms with van der Waals surface area (Å²) < 4.78 is 21.3. The predicted octanol–water partition coefficient (Wildman–Crippen LogP) is 5.34. The number of fused-ring (bicyclic) bond motifs is 1. The van der Waals surface area contributed by atoms with Crippen LogP contribution in [0.15, 0.2) is 54.9 Å². The number of amides is 1. The van der Waals surface area contributed by atoms with Gasteiger partial charge in [-0.15, -0.1) is 0 Å². The van der Waals surface area contributed by atoms with E-state index in [0.29, 0.717) is 34.3 Å². The number of hydrogen-bond acceptors (Lipinski definition) is 5. The number of benzene rings is 2. The molecule has 1 saturated heterocycles. The van der Waals surface area contributed by atoms with E-state index in [0.717, 1.165) is 49.1 Å². The molecule has 9 heteroatoms. The van der Waals surface area contributed by atoms with Gasteiger partial charge in [-0.3, -0.25) is 9.20 Å². The van der Waals surface area contributed by atoms with Gasteiger partial charge in [-0.05, 0) is 62.1 Å². The fourth-order valence-electron chi connectivity index (χ4n) is 4.45. The van der Waals surface area contributed by atoms with E-state index in [9.17, 15) is 9.18 Å². The molecule has 1 atom stereocenters. The van der Waals surface area contributed by atoms with Crippen LogP contribution in [0.4, 0.5) is 10.2 Å². The predicted molar refractivity (Wildman–Crippen MR) is 137 cm³/mol. The first kappa shape index (κ1) is 22.9. The van der Waals surface area contributed by atoms with Crippen molar-refractivity contribution in [2.75, 3.05) is 18.5 Å². The van der Waals surface area contributed by atoms with Gasteiger partial charge in [-0.1, -0.05) is 17.7 Å². The molecule has 184 valence electrons. The van der Waals surface area contributed by atoms with Crippen molar-refractivity contribution in [3.05, 3.63) is 71.3 Å². The van der Waals surface area contributed by atoms with E-state index < -0.39 is 0 Å². The first-order valence-electron chi connectivity index (χ1n) is 12.2. The largest absolute Gasteiger partial charge is 0.376 e. The molecule has 0 radical (unpaired) electrons. The van der Waals surface area contributed by atoms with Crippen molar-refractivity contribution >= 4 is 29.0 Å². The Labute approximate surface area is 212 Å². The Balaban J connectivity index is 1.39. The number of rotatable bonds is 7. The van der Waals surface area contributed by atoms with Crippen molar-refractivity contribution in [3.8, 4) is 22.5 Å². The molecule has 2 aromatic heterocycles. The molecule has 2 aliphatic rings. The number of carbonyl (C=O) groups is 1. The quantitative estimate of drug-likeness (QED) is 0.354. The average molecular weight is 506 g/mol. The molecule has 2 aromatic carbocycles. The van der Waals surface area contributed by atoms with Crippen LogP contribution in [0.5, 0.6) is 0 Å². The molecule has 1 aliphatic carbocycles. The molecule has 1 unspecified atom stereocenters. The molecule has 2 N–H and O–H groups in total. The molecule has 1 amide bonds. The minimum atomic E-state index is -0.305. The average Bonchev–Trinajstić information content (AvgIpc) is 3.35. The van der Waals surface area contributed by atoms with E-state index in [2.05, 4.69) is 15.6 Å². The Morgan fingerprint density at radius 2 is 1.94 bits per heavy atom. The van der Waals surface area contributed by atoms with Gasteiger partial charge in [-0.25, -0.2) is 14.4 Å². The molecule has 1 aliphatic heterocycles. The summed E-state index contributed by atoms with van der Waals surface area (Å²) in [5, 5.41) is 6.76. The smallest absolute Gasteiger partial charge is 0.253 e. The molecule has 36 heavy (non-hydrogen) atoms. The van der Waals surface area contributed by atoms with Crippen LogP contribution >= 0.6 is 11.6 Å². The first-order chi connectivity index (χ1) is 17.5. The van der Waals surface area contributed by atoms with Gasteiger partial charge in [0.2, 0.25) is 0 Å². The number of nitrogens with one attached hydrogen (secondary N) is 2. The lowest BCUT2D eigenvalue weighted by Crippen LogP contribution is -2.25. The van der Waals surface area contributed by atoms with Crippen LogP contribution in [0.25, 0.3) is 28.2 Å². The monoisotopic (exact) mass is 505 g/mol. The molecule has 6 rings (SSSR count). The number of imidazole rings is 1. The Hall–Kier alpha value is -3.49. The highest BCUT2D eigenvalue weighted by atomic mass is 35.5. The SMILES string of the molecule is O=C(NC1CC1)c1ccc(-c2cnc3c(NCC4CCCO4)nc(-c4ccc(F)cc4)cn23)cc1Cl. The van der Waals surface area contributed by atoms with Crippen molar-refractivity contribution in [2.45, 2.75) is 37.8 Å². The number of carbonyl (C=O) groups excluding carboxylic acids is 1. The number of nitrogens with zero attached hydrogens (tertiary/aromatic N) is 3. The van der Waals surface area contributed by atoms with Gasteiger partial charge < -0.3 is 15.4 Å². The summed E-state index contributed by atoms with van der Waals surface area (Å²) in [4.78, 5) is 22.0. The molecular weight excluding hydrogens is 481 g/mol. The molecule has 4 aromatic rings. The molecule has 2 fully saturated rings. The van der Waals surface area contributed by atoms with Gasteiger partial charge in [-0.2, -0.15) is 0 Å². The summed E-state index contributed by atoms with van der Waals surface area (Å²) in [6.07, 6.45) is 7.84. The highest BCUT2D eigenvalue weighted by Gasteiger charge is 2.25. The number of hydrogen-bond donors (Lipinski definition) is 2. The minimum absolute atomic E-state index is 0.129. The van der Waals surface area contributed by atoms with Crippen LogP contribution in [0.3, 0.4) is 0 Å². The van der Waals surface area contributed by atoms with E-state index in [-0.39, 0.29) is 23.9 Å². The summed E-state index contributed by atoms with van der Waals surface area (Å²) in [6, 6.07) is 11.9. The Kier molecular flexibility index (Phi) is 6.07. The highest BCUT2D eigenvalue weighted by molar-refractivity contribution is 6.34. The lowest BCUT2D eigenvalue weighted by Gasteiger charge is -2.14. The molecule has 1 saturated carbocycles. The zero-order chi connectivity index (χ0) is 24.6. The maximum absolute atomic E-state index is 13.6. The Morgan fingerprint density at radius 1 is 1.14 bits per heavy atom. The fourth-order valence-corrected chi connectivity index (χ4v) is 4.71. The number of ether oxygens (including phenoxy) is 1. The van der Waals surface area contributed by atoms with Crippen LogP contribution in [0, 0.1) is 5.82 Å². The van der Waals surface area contributed by atoms with Crippen molar-refractivity contribution < 1.29 is 13.9 Å². The maximum atomic E-state index is 13.6. The lowest BCUT2D eigenvalue weighted by atomic mass is 10.1. The minimum Gasteiger partial charge on any atom is -0.376 e. The van der Waals surface area contributed by atoms with Crippen LogP contribution in [-0.4, -0.2) is 45.6 Å². The van der Waals surface area contributed by atoms with E-state index in [1.54, 1.807) is 30.5 Å². The number of aromatic nitrogens is 3.